The van der Waals surface area contributed by atoms with E-state index in [4.69, 9.17) is 17.3 Å². The first-order chi connectivity index (χ1) is 11.5. The van der Waals surface area contributed by atoms with E-state index in [-0.39, 0.29) is 23.6 Å². The summed E-state index contributed by atoms with van der Waals surface area (Å²) in [6, 6.07) is 3.51. The molecule has 3 aromatic heterocycles. The van der Waals surface area contributed by atoms with Gasteiger partial charge in [-0.3, -0.25) is 9.89 Å². The molecule has 0 fully saturated rings. The number of hydrogen-bond acceptors (Lipinski definition) is 5. The highest BCUT2D eigenvalue weighted by Crippen LogP contribution is 2.21. The molecule has 24 heavy (non-hydrogen) atoms. The Morgan fingerprint density at radius 1 is 1.54 bits per heavy atom. The van der Waals surface area contributed by atoms with Gasteiger partial charge >= 0.3 is 0 Å². The van der Waals surface area contributed by atoms with E-state index >= 15 is 0 Å². The van der Waals surface area contributed by atoms with Gasteiger partial charge in [-0.15, -0.1) is 0 Å². The second-order valence-electron chi connectivity index (χ2n) is 5.31. The summed E-state index contributed by atoms with van der Waals surface area (Å²) in [5.41, 5.74) is 7.43. The Bertz CT molecular complexity index is 865. The number of nitrogens with one attached hydrogen (secondary N) is 3. The Balaban J connectivity index is 1.59. The summed E-state index contributed by atoms with van der Waals surface area (Å²) in [7, 11) is 0. The molecule has 3 heterocycles. The van der Waals surface area contributed by atoms with Gasteiger partial charge in [-0.2, -0.15) is 5.10 Å². The minimum atomic E-state index is -0.280. The minimum absolute atomic E-state index is 0.0889. The lowest BCUT2D eigenvalue weighted by Crippen LogP contribution is -2.32. The highest BCUT2D eigenvalue weighted by atomic mass is 35.5. The fourth-order valence-electron chi connectivity index (χ4n) is 2.16. The van der Waals surface area contributed by atoms with Crippen LogP contribution in [0.1, 0.15) is 29.7 Å². The highest BCUT2D eigenvalue weighted by Gasteiger charge is 2.14. The first-order valence-electron chi connectivity index (χ1n) is 7.32. The third-order valence-corrected chi connectivity index (χ3v) is 3.78. The van der Waals surface area contributed by atoms with Gasteiger partial charge in [0.25, 0.3) is 5.91 Å². The van der Waals surface area contributed by atoms with E-state index < -0.39 is 0 Å². The van der Waals surface area contributed by atoms with Crippen LogP contribution in [0.5, 0.6) is 0 Å². The summed E-state index contributed by atoms with van der Waals surface area (Å²) in [6.45, 7) is 1.89. The van der Waals surface area contributed by atoms with E-state index in [2.05, 4.69) is 30.5 Å². The van der Waals surface area contributed by atoms with Crippen molar-refractivity contribution in [2.24, 2.45) is 0 Å². The number of H-pyrrole nitrogens is 2. The van der Waals surface area contributed by atoms with Crippen LogP contribution in [0.15, 0.2) is 24.4 Å². The molecule has 0 bridgehead atoms. The number of halogens is 1. The molecule has 0 unspecified atom stereocenters. The Morgan fingerprint density at radius 3 is 3.08 bits per heavy atom. The summed E-state index contributed by atoms with van der Waals surface area (Å²) < 4.78 is 0. The molecule has 8 nitrogen and oxygen atoms in total. The number of pyridine rings is 1. The molecular formula is C15H16ClN7O. The molecule has 3 rings (SSSR count). The number of aromatic amines is 2. The van der Waals surface area contributed by atoms with Crippen molar-refractivity contribution >= 4 is 40.6 Å². The maximum absolute atomic E-state index is 12.2. The second-order valence-corrected chi connectivity index (χ2v) is 5.69. The molecular weight excluding hydrogens is 330 g/mol. The normalized spacial score (nSPS) is 12.8. The average Bonchev–Trinajstić information content (AvgIpc) is 3.13. The maximum atomic E-state index is 12.2. The van der Waals surface area contributed by atoms with Gasteiger partial charge in [-0.25, -0.2) is 9.97 Å². The highest BCUT2D eigenvalue weighted by molar-refractivity contribution is 6.34. The molecule has 3 aromatic rings. The number of aromatic nitrogens is 5. The lowest BCUT2D eigenvalue weighted by atomic mass is 10.2. The van der Waals surface area contributed by atoms with Crippen LogP contribution in [-0.2, 0) is 0 Å². The van der Waals surface area contributed by atoms with E-state index in [0.29, 0.717) is 22.8 Å². The number of hydrogen-bond donors (Lipinski definition) is 4. The molecule has 124 valence electrons. The summed E-state index contributed by atoms with van der Waals surface area (Å²) in [5.74, 6) is 0.220. The fourth-order valence-corrected chi connectivity index (χ4v) is 2.31. The molecule has 0 saturated carbocycles. The van der Waals surface area contributed by atoms with E-state index in [0.717, 1.165) is 5.52 Å². The first kappa shape index (κ1) is 16.0. The van der Waals surface area contributed by atoms with Crippen LogP contribution in [0.25, 0.3) is 17.2 Å². The van der Waals surface area contributed by atoms with Crippen LogP contribution in [0.2, 0.25) is 5.02 Å². The Morgan fingerprint density at radius 2 is 2.38 bits per heavy atom. The van der Waals surface area contributed by atoms with E-state index in [9.17, 15) is 4.79 Å². The lowest BCUT2D eigenvalue weighted by Gasteiger charge is -2.10. The van der Waals surface area contributed by atoms with Crippen LogP contribution < -0.4 is 11.1 Å². The van der Waals surface area contributed by atoms with Gasteiger partial charge in [0.2, 0.25) is 0 Å². The first-order valence-corrected chi connectivity index (χ1v) is 7.70. The number of nitrogen functional groups attached to an aromatic ring is 1. The van der Waals surface area contributed by atoms with Gasteiger partial charge in [0.1, 0.15) is 5.02 Å². The maximum Gasteiger partial charge on any atom is 0.287 e. The van der Waals surface area contributed by atoms with Crippen molar-refractivity contribution < 1.29 is 4.79 Å². The quantitative estimate of drug-likeness (QED) is 0.563. The van der Waals surface area contributed by atoms with Gasteiger partial charge in [0, 0.05) is 12.2 Å². The van der Waals surface area contributed by atoms with Gasteiger partial charge in [-0.05, 0) is 31.6 Å². The van der Waals surface area contributed by atoms with Crippen molar-refractivity contribution in [3.8, 4) is 0 Å². The lowest BCUT2D eigenvalue weighted by molar-refractivity contribution is 0.0931. The largest absolute Gasteiger partial charge is 0.381 e. The number of amides is 1. The van der Waals surface area contributed by atoms with E-state index in [1.54, 1.807) is 18.3 Å². The van der Waals surface area contributed by atoms with Crippen molar-refractivity contribution in [2.75, 3.05) is 5.73 Å². The summed E-state index contributed by atoms with van der Waals surface area (Å²) in [4.78, 5) is 23.4. The number of fused-ring (bicyclic) bond motifs is 1. The van der Waals surface area contributed by atoms with Crippen molar-refractivity contribution in [2.45, 2.75) is 19.4 Å². The van der Waals surface area contributed by atoms with Crippen molar-refractivity contribution in [3.63, 3.8) is 0 Å². The molecule has 5 N–H and O–H groups in total. The number of rotatable bonds is 5. The number of carbonyl (C=O) groups excluding carboxylic acids is 1. The molecule has 0 aliphatic rings. The summed E-state index contributed by atoms with van der Waals surface area (Å²) >= 11 is 5.97. The van der Waals surface area contributed by atoms with Crippen LogP contribution in [-0.4, -0.2) is 37.1 Å². The predicted molar refractivity (Wildman–Crippen MR) is 92.5 cm³/mol. The molecule has 0 aliphatic heterocycles. The minimum Gasteiger partial charge on any atom is -0.381 e. The molecule has 0 spiro atoms. The molecule has 9 heteroatoms. The number of imidazole rings is 1. The molecule has 0 radical (unpaired) electrons. The number of carbonyl (C=O) groups is 1. The van der Waals surface area contributed by atoms with Crippen molar-refractivity contribution in [1.29, 1.82) is 0 Å². The second kappa shape index (κ2) is 6.71. The topological polar surface area (TPSA) is 125 Å². The van der Waals surface area contributed by atoms with Gasteiger partial charge in [0.15, 0.2) is 17.3 Å². The Hall–Kier alpha value is -2.87. The van der Waals surface area contributed by atoms with Crippen LogP contribution in [0.3, 0.4) is 0 Å². The molecule has 1 atom stereocenters. The molecule has 0 saturated heterocycles. The molecule has 1 amide bonds. The number of nitrogens with two attached hydrogens (primary N) is 1. The van der Waals surface area contributed by atoms with Crippen LogP contribution >= 0.6 is 11.6 Å². The smallest absolute Gasteiger partial charge is 0.287 e. The summed E-state index contributed by atoms with van der Waals surface area (Å²) in [6.07, 6.45) is 5.90. The third-order valence-electron chi connectivity index (χ3n) is 3.38. The molecule has 0 aliphatic carbocycles. The number of anilines is 1. The zero-order chi connectivity index (χ0) is 17.1. The van der Waals surface area contributed by atoms with Gasteiger partial charge in [-0.1, -0.05) is 17.7 Å². The van der Waals surface area contributed by atoms with Crippen LogP contribution in [0.4, 0.5) is 5.82 Å². The van der Waals surface area contributed by atoms with Gasteiger partial charge in [0.05, 0.1) is 11.2 Å². The molecule has 0 aromatic carbocycles. The zero-order valence-corrected chi connectivity index (χ0v) is 13.6. The van der Waals surface area contributed by atoms with Gasteiger partial charge < -0.3 is 16.0 Å². The van der Waals surface area contributed by atoms with Crippen LogP contribution in [0, 0.1) is 0 Å². The average molecular weight is 346 g/mol. The Labute approximate surface area is 142 Å². The SMILES string of the molecule is C[C@@H](C/C=C/c1[nH]nc(N)c1Cl)NC(=O)c1nc2ncccc2[nH]1. The summed E-state index contributed by atoms with van der Waals surface area (Å²) in [5, 5.41) is 9.78. The van der Waals surface area contributed by atoms with E-state index in [1.807, 2.05) is 19.1 Å². The Kier molecular flexibility index (Phi) is 4.48. The monoisotopic (exact) mass is 345 g/mol. The zero-order valence-electron chi connectivity index (χ0n) is 12.9. The van der Waals surface area contributed by atoms with Crippen molar-refractivity contribution in [1.82, 2.24) is 30.5 Å². The van der Waals surface area contributed by atoms with E-state index in [1.165, 1.54) is 0 Å². The number of nitrogens with zero attached hydrogens (tertiary/aromatic N) is 3. The fraction of sp³-hybridized carbons (Fsp3) is 0.200. The van der Waals surface area contributed by atoms with Crippen molar-refractivity contribution in [3.05, 3.63) is 40.9 Å². The standard InChI is InChI=1S/C15H16ClN7O/c1-8(4-2-5-9-11(16)12(17)23-22-9)19-15(24)14-20-10-6-3-7-18-13(10)21-14/h2-3,5-8H,4H2,1H3,(H,19,24)(H3,17,22,23)(H,18,20,21)/b5-2+/t8-/m0/s1. The third kappa shape index (κ3) is 3.38. The predicted octanol–water partition coefficient (Wildman–Crippen LogP) is 2.14.